The van der Waals surface area contributed by atoms with Crippen molar-refractivity contribution in [3.05, 3.63) is 50.5 Å². The van der Waals surface area contributed by atoms with Crippen molar-refractivity contribution in [3.8, 4) is 0 Å². The normalized spacial score (nSPS) is 41.0. The number of amides is 1. The molecule has 5 aliphatic rings. The highest BCUT2D eigenvalue weighted by Gasteiger charge is 2.71. The van der Waals surface area contributed by atoms with Gasteiger partial charge in [-0.05, 0) is 80.8 Å². The van der Waals surface area contributed by atoms with Crippen LogP contribution in [-0.4, -0.2) is 62.2 Å². The van der Waals surface area contributed by atoms with Crippen molar-refractivity contribution in [2.75, 3.05) is 6.61 Å². The fraction of sp³-hybridized carbons (Fsp3) is 0.633. The topological polar surface area (TPSA) is 172 Å². The maximum atomic E-state index is 12.9. The number of hydrogen-bond acceptors (Lipinski definition) is 9. The van der Waals surface area contributed by atoms with Crippen LogP contribution in [0.1, 0.15) is 75.1 Å². The summed E-state index contributed by atoms with van der Waals surface area (Å²) in [6.07, 6.45) is 7.23. The van der Waals surface area contributed by atoms with Crippen LogP contribution in [0.2, 0.25) is 5.02 Å². The number of nitrogens with zero attached hydrogens (tertiary/aromatic N) is 2. The molecule has 1 aromatic rings. The second kappa shape index (κ2) is 10.1. The molecule has 4 fully saturated rings. The Morgan fingerprint density at radius 1 is 1.17 bits per heavy atom. The molecule has 0 saturated heterocycles. The van der Waals surface area contributed by atoms with E-state index in [1.807, 2.05) is 0 Å². The highest BCUT2D eigenvalue weighted by atomic mass is 35.5. The van der Waals surface area contributed by atoms with Gasteiger partial charge in [0.05, 0.1) is 32.8 Å². The van der Waals surface area contributed by atoms with Crippen LogP contribution in [0.5, 0.6) is 0 Å². The molecule has 0 unspecified atom stereocenters. The fourth-order valence-electron chi connectivity index (χ4n) is 9.43. The van der Waals surface area contributed by atoms with Gasteiger partial charge in [0.1, 0.15) is 6.61 Å². The summed E-state index contributed by atoms with van der Waals surface area (Å²) < 4.78 is 5.21. The van der Waals surface area contributed by atoms with Gasteiger partial charge in [-0.2, -0.15) is 5.10 Å². The van der Waals surface area contributed by atoms with Crippen molar-refractivity contribution in [1.29, 1.82) is 0 Å². The average Bonchev–Trinajstić information content (AvgIpc) is 3.48. The molecule has 4 aliphatic carbocycles. The van der Waals surface area contributed by atoms with Gasteiger partial charge in [0.2, 0.25) is 0 Å². The molecule has 0 radical (unpaired) electrons. The van der Waals surface area contributed by atoms with Crippen LogP contribution >= 0.6 is 11.6 Å². The fourth-order valence-corrected chi connectivity index (χ4v) is 9.69. The first kappa shape index (κ1) is 29.2. The Balaban J connectivity index is 1.30. The first-order valence-corrected chi connectivity index (χ1v) is 15.0. The molecule has 4 saturated carbocycles. The smallest absolute Gasteiger partial charge is 0.331 e. The van der Waals surface area contributed by atoms with Crippen molar-refractivity contribution < 1.29 is 34.6 Å². The standard InChI is InChI=1S/C30H36ClN3O8/c1-27-8-5-22-23(30(27,39)11-7-21(27)17-12-25(36)42-15-17)6-10-29(38)14-19(35)4-9-28(22,29)16-32-33-26(37)20-3-2-18(34(40)41)13-24(20)31/h2-3,12-13,16,19,21-23,35,38-39H,4-11,14-15H2,1H3,(H,33,37)/b32-16-/t19-,21+,22+,23-,27-,28+,29+,30-/m1/s1. The molecule has 1 amide bonds. The third kappa shape index (κ3) is 4.23. The molecule has 0 aromatic heterocycles. The van der Waals surface area contributed by atoms with Crippen molar-refractivity contribution in [2.24, 2.45) is 33.7 Å². The third-order valence-electron chi connectivity index (χ3n) is 11.5. The molecule has 1 heterocycles. The van der Waals surface area contributed by atoms with Gasteiger partial charge in [-0.25, -0.2) is 10.2 Å². The summed E-state index contributed by atoms with van der Waals surface area (Å²) in [5, 5.41) is 50.4. The zero-order valence-corrected chi connectivity index (χ0v) is 24.2. The van der Waals surface area contributed by atoms with Crippen LogP contribution in [0.15, 0.2) is 34.9 Å². The minimum absolute atomic E-state index is 0.0242. The van der Waals surface area contributed by atoms with Gasteiger partial charge < -0.3 is 20.1 Å². The Hall–Kier alpha value is -2.86. The Kier molecular flexibility index (Phi) is 7.03. The van der Waals surface area contributed by atoms with E-state index in [1.165, 1.54) is 12.1 Å². The number of nitro groups is 1. The first-order valence-electron chi connectivity index (χ1n) is 14.6. The van der Waals surface area contributed by atoms with E-state index in [4.69, 9.17) is 16.3 Å². The van der Waals surface area contributed by atoms with Crippen molar-refractivity contribution >= 4 is 35.4 Å². The van der Waals surface area contributed by atoms with Gasteiger partial charge in [0.15, 0.2) is 0 Å². The van der Waals surface area contributed by atoms with E-state index >= 15 is 0 Å². The molecule has 12 heteroatoms. The van der Waals surface area contributed by atoms with E-state index < -0.39 is 39.0 Å². The number of ether oxygens (including phenoxy) is 1. The van der Waals surface area contributed by atoms with E-state index in [0.717, 1.165) is 18.1 Å². The maximum absolute atomic E-state index is 12.9. The number of carbonyl (C=O) groups is 2. The summed E-state index contributed by atoms with van der Waals surface area (Å²) >= 11 is 6.14. The number of halogens is 1. The lowest BCUT2D eigenvalue weighted by molar-refractivity contribution is -0.384. The molecule has 42 heavy (non-hydrogen) atoms. The maximum Gasteiger partial charge on any atom is 0.331 e. The number of non-ortho nitro benzene ring substituents is 1. The molecule has 6 rings (SSSR count). The highest BCUT2D eigenvalue weighted by molar-refractivity contribution is 6.34. The largest absolute Gasteiger partial charge is 0.458 e. The van der Waals surface area contributed by atoms with E-state index in [-0.39, 0.29) is 53.0 Å². The monoisotopic (exact) mass is 601 g/mol. The number of aliphatic hydroxyl groups excluding tert-OH is 1. The van der Waals surface area contributed by atoms with Gasteiger partial charge in [-0.1, -0.05) is 18.5 Å². The van der Waals surface area contributed by atoms with Gasteiger partial charge >= 0.3 is 5.97 Å². The van der Waals surface area contributed by atoms with Gasteiger partial charge in [0, 0.05) is 41.7 Å². The number of benzene rings is 1. The molecule has 11 nitrogen and oxygen atoms in total. The Morgan fingerprint density at radius 3 is 2.62 bits per heavy atom. The molecule has 0 bridgehead atoms. The predicted octanol–water partition coefficient (Wildman–Crippen LogP) is 3.68. The molecule has 226 valence electrons. The number of cyclic esters (lactones) is 1. The lowest BCUT2D eigenvalue weighted by atomic mass is 9.41. The van der Waals surface area contributed by atoms with Crippen LogP contribution in [-0.2, 0) is 9.53 Å². The van der Waals surface area contributed by atoms with E-state index in [0.29, 0.717) is 44.9 Å². The number of hydrazone groups is 1. The second-order valence-electron chi connectivity index (χ2n) is 13.1. The number of carbonyl (C=O) groups excluding carboxylic acids is 2. The van der Waals surface area contributed by atoms with Crippen molar-refractivity contribution in [1.82, 2.24) is 5.43 Å². The Morgan fingerprint density at radius 2 is 1.93 bits per heavy atom. The summed E-state index contributed by atoms with van der Waals surface area (Å²) in [7, 11) is 0. The molecule has 1 aromatic carbocycles. The van der Waals surface area contributed by atoms with Crippen LogP contribution in [0.25, 0.3) is 0 Å². The van der Waals surface area contributed by atoms with E-state index in [1.54, 1.807) is 12.3 Å². The molecule has 1 aliphatic heterocycles. The number of nitrogens with one attached hydrogen (secondary N) is 1. The van der Waals surface area contributed by atoms with Crippen molar-refractivity contribution in [2.45, 2.75) is 82.0 Å². The number of aliphatic hydroxyl groups is 3. The zero-order valence-electron chi connectivity index (χ0n) is 23.4. The summed E-state index contributed by atoms with van der Waals surface area (Å²) in [4.78, 5) is 35.2. The van der Waals surface area contributed by atoms with Crippen LogP contribution in [0, 0.1) is 38.7 Å². The van der Waals surface area contributed by atoms with Crippen LogP contribution < -0.4 is 5.43 Å². The molecular formula is C30H36ClN3O8. The number of hydrogen-bond donors (Lipinski definition) is 4. The number of esters is 1. The third-order valence-corrected chi connectivity index (χ3v) is 11.8. The van der Waals surface area contributed by atoms with E-state index in [2.05, 4.69) is 17.5 Å². The SMILES string of the molecule is C[C@]12CC[C@H]3[C@@H](CC[C@]4(O)C[C@H](O)CC[C@]34/C=N\NC(=O)c3ccc([N+](=O)[O-])cc3Cl)[C@]1(O)CC[C@H]2C1=CC(=O)OC1. The lowest BCUT2D eigenvalue weighted by Gasteiger charge is -2.65. The molecule has 0 spiro atoms. The summed E-state index contributed by atoms with van der Waals surface area (Å²) in [6, 6.07) is 3.55. The zero-order chi connectivity index (χ0) is 30.1. The molecular weight excluding hydrogens is 566 g/mol. The number of rotatable bonds is 5. The van der Waals surface area contributed by atoms with E-state index in [9.17, 15) is 35.0 Å². The number of nitro benzene ring substituents is 1. The number of fused-ring (bicyclic) bond motifs is 5. The Bertz CT molecular complexity index is 1400. The highest BCUT2D eigenvalue weighted by Crippen LogP contribution is 2.70. The minimum atomic E-state index is -1.28. The van der Waals surface area contributed by atoms with Gasteiger partial charge in [0.25, 0.3) is 11.6 Å². The summed E-state index contributed by atoms with van der Waals surface area (Å²) in [5.74, 6) is -1.27. The van der Waals surface area contributed by atoms with Gasteiger partial charge in [-0.3, -0.25) is 14.9 Å². The lowest BCUT2D eigenvalue weighted by Crippen LogP contribution is -2.68. The van der Waals surface area contributed by atoms with Crippen molar-refractivity contribution in [3.63, 3.8) is 0 Å². The average molecular weight is 602 g/mol. The van der Waals surface area contributed by atoms with Gasteiger partial charge in [-0.15, -0.1) is 0 Å². The summed E-state index contributed by atoms with van der Waals surface area (Å²) in [6.45, 7) is 2.38. The minimum Gasteiger partial charge on any atom is -0.458 e. The molecule has 4 N–H and O–H groups in total. The predicted molar refractivity (Wildman–Crippen MR) is 152 cm³/mol. The quantitative estimate of drug-likeness (QED) is 0.171. The summed E-state index contributed by atoms with van der Waals surface area (Å²) in [5.41, 5.74) is -0.454. The Labute approximate surface area is 248 Å². The van der Waals surface area contributed by atoms with Crippen LogP contribution in [0.3, 0.4) is 0 Å². The first-order chi connectivity index (χ1) is 19.8. The van der Waals surface area contributed by atoms with Crippen LogP contribution in [0.4, 0.5) is 5.69 Å². The second-order valence-corrected chi connectivity index (χ2v) is 13.5. The molecule has 8 atom stereocenters.